The van der Waals surface area contributed by atoms with Gasteiger partial charge in [-0.1, -0.05) is 18.2 Å². The number of carbonyl (C=O) groups is 1. The SMILES string of the molecule is NC(=O)c1ccccc1[CH]C1CC1. The second-order valence-electron chi connectivity index (χ2n) is 3.46. The number of nitrogens with two attached hydrogens (primary N) is 1. The van der Waals surface area contributed by atoms with Gasteiger partial charge >= 0.3 is 0 Å². The lowest BCUT2D eigenvalue weighted by atomic mass is 10.0. The van der Waals surface area contributed by atoms with Crippen LogP contribution in [0.3, 0.4) is 0 Å². The van der Waals surface area contributed by atoms with Crippen LogP contribution in [0, 0.1) is 12.3 Å². The third-order valence-corrected chi connectivity index (χ3v) is 2.26. The third-order valence-electron chi connectivity index (χ3n) is 2.26. The lowest BCUT2D eigenvalue weighted by Gasteiger charge is -2.03. The fraction of sp³-hybridized carbons (Fsp3) is 0.273. The molecule has 1 aromatic rings. The van der Waals surface area contributed by atoms with Gasteiger partial charge in [0, 0.05) is 5.56 Å². The smallest absolute Gasteiger partial charge is 0.248 e. The molecule has 0 aliphatic heterocycles. The topological polar surface area (TPSA) is 43.1 Å². The first-order valence-electron chi connectivity index (χ1n) is 4.51. The van der Waals surface area contributed by atoms with E-state index in [9.17, 15) is 4.79 Å². The van der Waals surface area contributed by atoms with Crippen molar-refractivity contribution in [1.29, 1.82) is 0 Å². The van der Waals surface area contributed by atoms with Crippen molar-refractivity contribution in [3.63, 3.8) is 0 Å². The Kier molecular flexibility index (Phi) is 2.05. The van der Waals surface area contributed by atoms with E-state index in [1.807, 2.05) is 18.2 Å². The van der Waals surface area contributed by atoms with Gasteiger partial charge in [-0.05, 0) is 36.8 Å². The Labute approximate surface area is 77.8 Å². The lowest BCUT2D eigenvalue weighted by molar-refractivity contribution is 0.1000. The van der Waals surface area contributed by atoms with Crippen LogP contribution in [0.15, 0.2) is 24.3 Å². The highest BCUT2D eigenvalue weighted by atomic mass is 16.1. The van der Waals surface area contributed by atoms with Crippen LogP contribution in [-0.4, -0.2) is 5.91 Å². The molecule has 2 rings (SSSR count). The molecular formula is C11H12NO. The van der Waals surface area contributed by atoms with Gasteiger partial charge in [0.05, 0.1) is 0 Å². The Morgan fingerprint density at radius 1 is 1.38 bits per heavy atom. The molecule has 1 aliphatic carbocycles. The van der Waals surface area contributed by atoms with Gasteiger partial charge in [-0.3, -0.25) is 4.79 Å². The first-order valence-corrected chi connectivity index (χ1v) is 4.51. The van der Waals surface area contributed by atoms with Gasteiger partial charge in [0.2, 0.25) is 5.91 Å². The third kappa shape index (κ3) is 1.89. The molecule has 0 aromatic heterocycles. The van der Waals surface area contributed by atoms with Crippen LogP contribution in [0.5, 0.6) is 0 Å². The maximum Gasteiger partial charge on any atom is 0.248 e. The molecule has 0 bridgehead atoms. The quantitative estimate of drug-likeness (QED) is 0.745. The summed E-state index contributed by atoms with van der Waals surface area (Å²) in [5.74, 6) is 0.327. The van der Waals surface area contributed by atoms with E-state index in [0.29, 0.717) is 11.5 Å². The molecule has 1 aromatic carbocycles. The fourth-order valence-corrected chi connectivity index (χ4v) is 1.38. The number of amides is 1. The first kappa shape index (κ1) is 8.30. The molecule has 0 saturated heterocycles. The van der Waals surface area contributed by atoms with E-state index in [1.54, 1.807) is 6.07 Å². The summed E-state index contributed by atoms with van der Waals surface area (Å²) in [4.78, 5) is 11.0. The summed E-state index contributed by atoms with van der Waals surface area (Å²) in [7, 11) is 0. The first-order chi connectivity index (χ1) is 6.27. The van der Waals surface area contributed by atoms with Crippen LogP contribution in [0.25, 0.3) is 0 Å². The normalized spacial score (nSPS) is 15.7. The zero-order valence-electron chi connectivity index (χ0n) is 7.36. The molecule has 67 valence electrons. The van der Waals surface area contributed by atoms with E-state index in [1.165, 1.54) is 12.8 Å². The minimum absolute atomic E-state index is 0.340. The van der Waals surface area contributed by atoms with Crippen molar-refractivity contribution >= 4 is 5.91 Å². The standard InChI is InChI=1S/C11H12NO/c12-11(13)10-4-2-1-3-9(10)7-8-5-6-8/h1-4,7-8H,5-6H2,(H2,12,13). The molecule has 1 radical (unpaired) electrons. The van der Waals surface area contributed by atoms with Gasteiger partial charge in [0.25, 0.3) is 0 Å². The Balaban J connectivity index is 2.25. The summed E-state index contributed by atoms with van der Waals surface area (Å²) in [5, 5.41) is 0. The summed E-state index contributed by atoms with van der Waals surface area (Å²) in [5.41, 5.74) is 6.87. The van der Waals surface area contributed by atoms with Gasteiger partial charge < -0.3 is 5.73 Å². The molecule has 0 spiro atoms. The summed E-state index contributed by atoms with van der Waals surface area (Å²) >= 11 is 0. The number of benzene rings is 1. The lowest BCUT2D eigenvalue weighted by Crippen LogP contribution is -2.13. The van der Waals surface area contributed by atoms with Gasteiger partial charge in [-0.15, -0.1) is 0 Å². The Morgan fingerprint density at radius 3 is 2.69 bits per heavy atom. The zero-order chi connectivity index (χ0) is 9.26. The maximum atomic E-state index is 11.0. The van der Waals surface area contributed by atoms with Crippen molar-refractivity contribution in [3.8, 4) is 0 Å². The molecule has 0 unspecified atom stereocenters. The van der Waals surface area contributed by atoms with Crippen LogP contribution in [0.4, 0.5) is 0 Å². The van der Waals surface area contributed by atoms with Gasteiger partial charge in [0.1, 0.15) is 0 Å². The molecule has 1 saturated carbocycles. The molecule has 0 heterocycles. The second-order valence-corrected chi connectivity index (χ2v) is 3.46. The fourth-order valence-electron chi connectivity index (χ4n) is 1.38. The average molecular weight is 174 g/mol. The van der Waals surface area contributed by atoms with E-state index >= 15 is 0 Å². The van der Waals surface area contributed by atoms with Crippen LogP contribution in [0.1, 0.15) is 28.8 Å². The van der Waals surface area contributed by atoms with Crippen molar-refractivity contribution < 1.29 is 4.79 Å². The highest BCUT2D eigenvalue weighted by molar-refractivity contribution is 5.94. The average Bonchev–Trinajstić information content (AvgIpc) is 2.89. The minimum Gasteiger partial charge on any atom is -0.366 e. The molecule has 2 nitrogen and oxygen atoms in total. The Bertz CT molecular complexity index is 329. The zero-order valence-corrected chi connectivity index (χ0v) is 7.36. The number of hydrogen-bond acceptors (Lipinski definition) is 1. The van der Waals surface area contributed by atoms with Crippen LogP contribution in [-0.2, 0) is 0 Å². The monoisotopic (exact) mass is 174 g/mol. The van der Waals surface area contributed by atoms with Crippen molar-refractivity contribution in [3.05, 3.63) is 41.8 Å². The van der Waals surface area contributed by atoms with Gasteiger partial charge in [-0.25, -0.2) is 0 Å². The predicted molar refractivity (Wildman–Crippen MR) is 51.1 cm³/mol. The maximum absolute atomic E-state index is 11.0. The van der Waals surface area contributed by atoms with Gasteiger partial charge in [-0.2, -0.15) is 0 Å². The molecule has 1 fully saturated rings. The summed E-state index contributed by atoms with van der Waals surface area (Å²) in [6.45, 7) is 0. The van der Waals surface area contributed by atoms with Crippen molar-refractivity contribution in [2.45, 2.75) is 12.8 Å². The molecule has 0 atom stereocenters. The molecule has 1 aliphatic rings. The van der Waals surface area contributed by atoms with Crippen LogP contribution >= 0.6 is 0 Å². The second kappa shape index (κ2) is 3.21. The van der Waals surface area contributed by atoms with E-state index in [2.05, 4.69) is 6.42 Å². The van der Waals surface area contributed by atoms with E-state index < -0.39 is 0 Å². The summed E-state index contributed by atoms with van der Waals surface area (Å²) in [6, 6.07) is 7.49. The number of rotatable bonds is 3. The Morgan fingerprint density at radius 2 is 2.08 bits per heavy atom. The van der Waals surface area contributed by atoms with Crippen LogP contribution in [0.2, 0.25) is 0 Å². The molecular weight excluding hydrogens is 162 g/mol. The molecule has 2 heteroatoms. The van der Waals surface area contributed by atoms with Crippen molar-refractivity contribution in [1.82, 2.24) is 0 Å². The Hall–Kier alpha value is -1.31. The van der Waals surface area contributed by atoms with E-state index in [4.69, 9.17) is 5.73 Å². The molecule has 1 amide bonds. The highest BCUT2D eigenvalue weighted by Crippen LogP contribution is 2.34. The largest absolute Gasteiger partial charge is 0.366 e. The number of carbonyl (C=O) groups excluding carboxylic acids is 1. The highest BCUT2D eigenvalue weighted by Gasteiger charge is 2.23. The summed E-state index contributed by atoms with van der Waals surface area (Å²) in [6.07, 6.45) is 4.63. The molecule has 2 N–H and O–H groups in total. The van der Waals surface area contributed by atoms with E-state index in [-0.39, 0.29) is 5.91 Å². The van der Waals surface area contributed by atoms with Crippen LogP contribution < -0.4 is 5.73 Å². The van der Waals surface area contributed by atoms with Crippen molar-refractivity contribution in [2.75, 3.05) is 0 Å². The van der Waals surface area contributed by atoms with Gasteiger partial charge in [0.15, 0.2) is 0 Å². The number of primary amides is 1. The van der Waals surface area contributed by atoms with Crippen molar-refractivity contribution in [2.24, 2.45) is 11.7 Å². The number of hydrogen-bond donors (Lipinski definition) is 1. The minimum atomic E-state index is -0.340. The van der Waals surface area contributed by atoms with E-state index in [0.717, 1.165) is 5.56 Å². The molecule has 13 heavy (non-hydrogen) atoms. The predicted octanol–water partition coefficient (Wildman–Crippen LogP) is 1.75. The summed E-state index contributed by atoms with van der Waals surface area (Å²) < 4.78 is 0.